The third-order valence-electron chi connectivity index (χ3n) is 18.3. The minimum absolute atomic E-state index is 0. The number of anilines is 4. The maximum absolute atomic E-state index is 6.93. The van der Waals surface area contributed by atoms with E-state index in [-0.39, 0.29) is 26.5 Å². The Labute approximate surface area is 538 Å². The second-order valence-corrected chi connectivity index (χ2v) is 24.3. The molecule has 4 heterocycles. The van der Waals surface area contributed by atoms with E-state index in [4.69, 9.17) is 9.72 Å². The molecule has 0 fully saturated rings. The zero-order valence-electron chi connectivity index (χ0n) is 49.8. The van der Waals surface area contributed by atoms with Gasteiger partial charge in [0.05, 0.1) is 16.4 Å². The first-order valence-corrected chi connectivity index (χ1v) is 30.5. The van der Waals surface area contributed by atoms with Crippen molar-refractivity contribution in [2.75, 3.05) is 9.80 Å². The van der Waals surface area contributed by atoms with Crippen LogP contribution in [0, 0.1) is 18.8 Å². The first-order chi connectivity index (χ1) is 43.8. The average molecular weight is 1340 g/mol. The largest absolute Gasteiger partial charge is 0.509 e. The maximum Gasteiger partial charge on any atom is 0.135 e. The molecular weight excluding hydrogens is 1280 g/mol. The molecule has 434 valence electrons. The molecule has 1 aliphatic heterocycles. The van der Waals surface area contributed by atoms with Gasteiger partial charge in [-0.15, -0.1) is 48.1 Å². The van der Waals surface area contributed by atoms with Crippen LogP contribution in [-0.2, 0) is 31.9 Å². The van der Waals surface area contributed by atoms with Gasteiger partial charge in [-0.25, -0.2) is 4.98 Å². The van der Waals surface area contributed by atoms with E-state index in [0.29, 0.717) is 11.5 Å². The number of aromatic nitrogens is 3. The van der Waals surface area contributed by atoms with Gasteiger partial charge < -0.3 is 23.7 Å². The number of hydrogen-bond donors (Lipinski definition) is 0. The number of nitrogens with zero attached hydrogens (tertiary/aromatic N) is 5. The Hall–Kier alpha value is -10.5. The molecule has 0 unspecified atom stereocenters. The SMILES string of the molecule is CC(C)(C)c1ccc(C2(c3ccnc(-n4c5[c-]c(Oc6[c-]c(N7[CH-]N(c8c(-c9ccccc9)cc(-n9c%10ccccc%10c%10ccccc%109)cc8-c8ccccc8)c8ccccc87)ccc6)ccc5c5ccccc54)c3)c3ccccc3-c3ccccc32)cc1.[Pt]. The van der Waals surface area contributed by atoms with Crippen LogP contribution >= 0.6 is 0 Å². The summed E-state index contributed by atoms with van der Waals surface area (Å²) < 4.78 is 11.6. The maximum atomic E-state index is 6.93. The van der Waals surface area contributed by atoms with Crippen molar-refractivity contribution in [3.05, 3.63) is 338 Å². The van der Waals surface area contributed by atoms with Gasteiger partial charge in [0, 0.05) is 88.9 Å². The summed E-state index contributed by atoms with van der Waals surface area (Å²) in [6, 6.07) is 110. The van der Waals surface area contributed by atoms with Crippen molar-refractivity contribution >= 4 is 66.4 Å². The van der Waals surface area contributed by atoms with Crippen LogP contribution < -0.4 is 14.5 Å². The first kappa shape index (κ1) is 54.8. The summed E-state index contributed by atoms with van der Waals surface area (Å²) in [4.78, 5) is 9.80. The molecular formula is C83H58N5OPt-3. The molecule has 0 saturated carbocycles. The number of pyridine rings is 1. The minimum atomic E-state index is -0.614. The van der Waals surface area contributed by atoms with Crippen LogP contribution in [0.4, 0.5) is 22.7 Å². The molecule has 2 aliphatic rings. The van der Waals surface area contributed by atoms with E-state index in [1.54, 1.807) is 0 Å². The number of para-hydroxylation sites is 5. The molecule has 1 aliphatic carbocycles. The minimum Gasteiger partial charge on any atom is -0.509 e. The fourth-order valence-corrected chi connectivity index (χ4v) is 14.3. The van der Waals surface area contributed by atoms with E-state index in [9.17, 15) is 0 Å². The van der Waals surface area contributed by atoms with E-state index in [2.05, 4.69) is 325 Å². The Morgan fingerprint density at radius 3 is 1.56 bits per heavy atom. The smallest absolute Gasteiger partial charge is 0.135 e. The second kappa shape index (κ2) is 21.7. The Morgan fingerprint density at radius 1 is 0.422 bits per heavy atom. The van der Waals surface area contributed by atoms with Crippen LogP contribution in [0.3, 0.4) is 0 Å². The fraction of sp³-hybridized carbons (Fsp3) is 0.0602. The third-order valence-corrected chi connectivity index (χ3v) is 18.3. The number of rotatable bonds is 10. The summed E-state index contributed by atoms with van der Waals surface area (Å²) in [6.07, 6.45) is 1.97. The third kappa shape index (κ3) is 8.68. The monoisotopic (exact) mass is 1340 g/mol. The van der Waals surface area contributed by atoms with Crippen LogP contribution in [0.25, 0.3) is 88.5 Å². The van der Waals surface area contributed by atoms with Crippen molar-refractivity contribution in [1.82, 2.24) is 14.1 Å². The van der Waals surface area contributed by atoms with E-state index < -0.39 is 5.41 Å². The summed E-state index contributed by atoms with van der Waals surface area (Å²) in [5.74, 6) is 1.92. The molecule has 17 rings (SSSR count). The van der Waals surface area contributed by atoms with E-state index >= 15 is 0 Å². The van der Waals surface area contributed by atoms with Gasteiger partial charge in [-0.05, 0) is 115 Å². The first-order valence-electron chi connectivity index (χ1n) is 30.5. The summed E-state index contributed by atoms with van der Waals surface area (Å²) in [5, 5.41) is 4.60. The van der Waals surface area contributed by atoms with Crippen molar-refractivity contribution < 1.29 is 25.8 Å². The van der Waals surface area contributed by atoms with Crippen molar-refractivity contribution in [3.63, 3.8) is 0 Å². The predicted octanol–water partition coefficient (Wildman–Crippen LogP) is 21.1. The van der Waals surface area contributed by atoms with Gasteiger partial charge in [0.15, 0.2) is 0 Å². The van der Waals surface area contributed by atoms with Crippen molar-refractivity contribution in [3.8, 4) is 56.4 Å². The van der Waals surface area contributed by atoms with Crippen LogP contribution in [0.1, 0.15) is 48.6 Å². The van der Waals surface area contributed by atoms with E-state index in [1.165, 1.54) is 44.2 Å². The van der Waals surface area contributed by atoms with Gasteiger partial charge in [-0.2, -0.15) is 12.1 Å². The molecule has 15 aromatic rings. The quantitative estimate of drug-likeness (QED) is 0.128. The van der Waals surface area contributed by atoms with Gasteiger partial charge in [0.25, 0.3) is 0 Å². The fourth-order valence-electron chi connectivity index (χ4n) is 14.3. The van der Waals surface area contributed by atoms with Crippen LogP contribution in [-0.4, -0.2) is 14.1 Å². The van der Waals surface area contributed by atoms with Crippen molar-refractivity contribution in [2.45, 2.75) is 31.6 Å². The Morgan fingerprint density at radius 2 is 0.944 bits per heavy atom. The summed E-state index contributed by atoms with van der Waals surface area (Å²) >= 11 is 0. The van der Waals surface area contributed by atoms with E-state index in [1.807, 2.05) is 24.4 Å². The Kier molecular flexibility index (Phi) is 13.2. The van der Waals surface area contributed by atoms with E-state index in [0.717, 1.165) is 94.9 Å². The topological polar surface area (TPSA) is 38.5 Å². The molecule has 0 spiro atoms. The molecule has 3 aromatic heterocycles. The molecule has 12 aromatic carbocycles. The van der Waals surface area contributed by atoms with Crippen LogP contribution in [0.15, 0.2) is 291 Å². The van der Waals surface area contributed by atoms with Crippen molar-refractivity contribution in [2.24, 2.45) is 0 Å². The molecule has 0 N–H and O–H groups in total. The van der Waals surface area contributed by atoms with Gasteiger partial charge in [-0.1, -0.05) is 226 Å². The van der Waals surface area contributed by atoms with Crippen molar-refractivity contribution in [1.29, 1.82) is 0 Å². The van der Waals surface area contributed by atoms with Gasteiger partial charge in [-0.3, -0.25) is 0 Å². The number of ether oxygens (including phenoxy) is 1. The number of benzene rings is 12. The molecule has 0 saturated heterocycles. The molecule has 7 heteroatoms. The standard InChI is InChI=1S/C83H58N5O.Pt/c1-82(2,3)57-41-43-58(44-42-57)83(72-34-15-10-29-64(72)65-30-11-16-35-73(65)83)59-47-48-84-80(49-59)88-76-38-19-14-33-68(76)69-46-45-63(53-79(69)88)89-62-28-22-27-60(50-62)85-54-86(78-40-21-20-39-77(78)85)81-70(55-23-6-4-7-24-55)51-61(52-71(81)56-25-8-5-9-26-56)87-74-36-17-12-31-66(74)67-32-13-18-37-75(67)87;/h4-49,51-52,54H,1-3H3;/q-3;. The molecule has 90 heavy (non-hydrogen) atoms. The second-order valence-electron chi connectivity index (χ2n) is 24.3. The van der Waals surface area contributed by atoms with Gasteiger partial charge in [0.1, 0.15) is 5.82 Å². The van der Waals surface area contributed by atoms with Gasteiger partial charge >= 0.3 is 0 Å². The Bertz CT molecular complexity index is 5110. The average Bonchev–Trinajstić information content (AvgIpc) is 1.60. The zero-order valence-corrected chi connectivity index (χ0v) is 52.0. The summed E-state index contributed by atoms with van der Waals surface area (Å²) in [5.41, 5.74) is 21.7. The predicted molar refractivity (Wildman–Crippen MR) is 365 cm³/mol. The van der Waals surface area contributed by atoms with Gasteiger partial charge in [0.2, 0.25) is 0 Å². The summed E-state index contributed by atoms with van der Waals surface area (Å²) in [7, 11) is 0. The molecule has 0 amide bonds. The zero-order chi connectivity index (χ0) is 59.4. The molecule has 6 nitrogen and oxygen atoms in total. The molecule has 0 atom stereocenters. The molecule has 0 bridgehead atoms. The normalized spacial score (nSPS) is 13.2. The number of fused-ring (bicyclic) bond motifs is 10. The molecule has 0 radical (unpaired) electrons. The number of hydrogen-bond acceptors (Lipinski definition) is 4. The Balaban J connectivity index is 0.00000649. The van der Waals surface area contributed by atoms with Crippen LogP contribution in [0.2, 0.25) is 0 Å². The van der Waals surface area contributed by atoms with Crippen LogP contribution in [0.5, 0.6) is 11.5 Å². The summed E-state index contributed by atoms with van der Waals surface area (Å²) in [6.45, 7) is 9.04.